The Morgan fingerprint density at radius 2 is 1.93 bits per heavy atom. The van der Waals surface area contributed by atoms with Crippen molar-refractivity contribution in [2.24, 2.45) is 0 Å². The van der Waals surface area contributed by atoms with E-state index < -0.39 is 9.84 Å². The molecule has 0 amide bonds. The van der Waals surface area contributed by atoms with Crippen molar-refractivity contribution in [3.05, 3.63) is 52.3 Å². The molecule has 4 rings (SSSR count). The molecule has 1 spiro atoms. The lowest BCUT2D eigenvalue weighted by Gasteiger charge is -2.40. The summed E-state index contributed by atoms with van der Waals surface area (Å²) >= 11 is 6.30. The fraction of sp³-hybridized carbons (Fsp3) is 0.571. The SMILES string of the molecule is CC1(C)OC2(CCN(Cc3cnn(CCS(C)(=O)=O)c3)CC2)c2cc(Cl)ccc21. The topological polar surface area (TPSA) is 64.4 Å². The highest BCUT2D eigenvalue weighted by molar-refractivity contribution is 7.90. The molecule has 0 saturated carbocycles. The highest BCUT2D eigenvalue weighted by Gasteiger charge is 2.50. The van der Waals surface area contributed by atoms with Crippen molar-refractivity contribution in [2.45, 2.75) is 51.0 Å². The first-order chi connectivity index (χ1) is 13.6. The van der Waals surface area contributed by atoms with E-state index in [-0.39, 0.29) is 17.0 Å². The van der Waals surface area contributed by atoms with Crippen LogP contribution in [-0.4, -0.2) is 48.2 Å². The van der Waals surface area contributed by atoms with Crippen LogP contribution in [-0.2, 0) is 38.9 Å². The van der Waals surface area contributed by atoms with Gasteiger partial charge in [0, 0.05) is 42.7 Å². The molecular formula is C21H28ClN3O3S. The van der Waals surface area contributed by atoms with Crippen molar-refractivity contribution in [3.8, 4) is 0 Å². The highest BCUT2D eigenvalue weighted by Crippen LogP contribution is 2.52. The summed E-state index contributed by atoms with van der Waals surface area (Å²) in [5, 5.41) is 5.06. The molecule has 3 heterocycles. The maximum Gasteiger partial charge on any atom is 0.149 e. The molecule has 0 unspecified atom stereocenters. The zero-order valence-electron chi connectivity index (χ0n) is 17.2. The summed E-state index contributed by atoms with van der Waals surface area (Å²) < 4.78 is 31.0. The van der Waals surface area contributed by atoms with Crippen molar-refractivity contribution >= 4 is 21.4 Å². The van der Waals surface area contributed by atoms with Gasteiger partial charge in [0.05, 0.1) is 29.7 Å². The van der Waals surface area contributed by atoms with Crippen LogP contribution in [0.5, 0.6) is 0 Å². The maximum atomic E-state index is 11.3. The van der Waals surface area contributed by atoms with Crippen LogP contribution < -0.4 is 0 Å². The number of hydrogen-bond donors (Lipinski definition) is 0. The molecule has 2 aliphatic heterocycles. The monoisotopic (exact) mass is 437 g/mol. The van der Waals surface area contributed by atoms with Gasteiger partial charge in [-0.1, -0.05) is 17.7 Å². The van der Waals surface area contributed by atoms with Gasteiger partial charge in [-0.3, -0.25) is 9.58 Å². The van der Waals surface area contributed by atoms with Gasteiger partial charge in [-0.05, 0) is 49.9 Å². The summed E-state index contributed by atoms with van der Waals surface area (Å²) in [6.07, 6.45) is 6.87. The Labute approximate surface area is 177 Å². The molecule has 0 aliphatic carbocycles. The van der Waals surface area contributed by atoms with E-state index in [0.29, 0.717) is 6.54 Å². The molecular weight excluding hydrogens is 410 g/mol. The first-order valence-electron chi connectivity index (χ1n) is 9.98. The molecule has 1 aromatic heterocycles. The molecule has 29 heavy (non-hydrogen) atoms. The number of likely N-dealkylation sites (tertiary alicyclic amines) is 1. The second-order valence-corrected chi connectivity index (χ2v) is 11.5. The zero-order chi connectivity index (χ0) is 20.9. The average Bonchev–Trinajstić information content (AvgIpc) is 3.16. The summed E-state index contributed by atoms with van der Waals surface area (Å²) in [6, 6.07) is 6.12. The summed E-state index contributed by atoms with van der Waals surface area (Å²) in [5.41, 5.74) is 3.01. The maximum absolute atomic E-state index is 11.3. The largest absolute Gasteiger partial charge is 0.360 e. The van der Waals surface area contributed by atoms with E-state index in [1.54, 1.807) is 4.68 Å². The van der Waals surface area contributed by atoms with Crippen LogP contribution >= 0.6 is 11.6 Å². The number of aromatic nitrogens is 2. The fourth-order valence-electron chi connectivity index (χ4n) is 4.59. The van der Waals surface area contributed by atoms with Gasteiger partial charge >= 0.3 is 0 Å². The van der Waals surface area contributed by atoms with Gasteiger partial charge in [0.2, 0.25) is 0 Å². The molecule has 6 nitrogen and oxygen atoms in total. The lowest BCUT2D eigenvalue weighted by molar-refractivity contribution is -0.150. The second-order valence-electron chi connectivity index (χ2n) is 8.81. The standard InChI is InChI=1S/C21H28ClN3O3S/c1-20(2)18-5-4-17(22)12-19(18)21(28-20)6-8-24(9-7-21)14-16-13-23-25(15-16)10-11-29(3,26)27/h4-5,12-13,15H,6-11,14H2,1-3H3. The lowest BCUT2D eigenvalue weighted by Crippen LogP contribution is -2.43. The van der Waals surface area contributed by atoms with Gasteiger partial charge in [0.1, 0.15) is 9.84 Å². The number of rotatable bonds is 5. The first kappa shape index (κ1) is 20.8. The molecule has 2 aromatic rings. The van der Waals surface area contributed by atoms with Gasteiger partial charge < -0.3 is 4.74 Å². The molecule has 2 aliphatic rings. The van der Waals surface area contributed by atoms with Crippen LogP contribution in [0.2, 0.25) is 5.02 Å². The molecule has 0 atom stereocenters. The van der Waals surface area contributed by atoms with E-state index in [4.69, 9.17) is 16.3 Å². The van der Waals surface area contributed by atoms with Crippen molar-refractivity contribution < 1.29 is 13.2 Å². The van der Waals surface area contributed by atoms with Gasteiger partial charge in [-0.25, -0.2) is 8.42 Å². The lowest BCUT2D eigenvalue weighted by atomic mass is 9.82. The second kappa shape index (κ2) is 7.38. The van der Waals surface area contributed by atoms with Crippen LogP contribution in [0.15, 0.2) is 30.6 Å². The summed E-state index contributed by atoms with van der Waals surface area (Å²) in [4.78, 5) is 2.40. The van der Waals surface area contributed by atoms with Crippen LogP contribution in [0.4, 0.5) is 0 Å². The number of piperidine rings is 1. The predicted octanol–water partition coefficient (Wildman–Crippen LogP) is 3.34. The van der Waals surface area contributed by atoms with E-state index in [9.17, 15) is 8.42 Å². The number of benzene rings is 1. The summed E-state index contributed by atoms with van der Waals surface area (Å²) in [5.74, 6) is 0.107. The number of aryl methyl sites for hydroxylation is 1. The van der Waals surface area contributed by atoms with Gasteiger partial charge in [-0.2, -0.15) is 5.10 Å². The van der Waals surface area contributed by atoms with E-state index in [2.05, 4.69) is 36.0 Å². The summed E-state index contributed by atoms with van der Waals surface area (Å²) in [7, 11) is -2.98. The van der Waals surface area contributed by atoms with Crippen molar-refractivity contribution in [2.75, 3.05) is 25.1 Å². The minimum Gasteiger partial charge on any atom is -0.360 e. The Balaban J connectivity index is 1.41. The molecule has 0 radical (unpaired) electrons. The number of hydrogen-bond acceptors (Lipinski definition) is 5. The third kappa shape index (κ3) is 4.38. The molecule has 0 bridgehead atoms. The molecule has 1 fully saturated rings. The van der Waals surface area contributed by atoms with Crippen LogP contribution in [0.3, 0.4) is 0 Å². The molecule has 1 aromatic carbocycles. The van der Waals surface area contributed by atoms with E-state index in [1.165, 1.54) is 17.4 Å². The van der Waals surface area contributed by atoms with Crippen molar-refractivity contribution in [1.82, 2.24) is 14.7 Å². The fourth-order valence-corrected chi connectivity index (χ4v) is 5.28. The Hall–Kier alpha value is -1.41. The third-order valence-corrected chi connectivity index (χ3v) is 7.18. The summed E-state index contributed by atoms with van der Waals surface area (Å²) in [6.45, 7) is 7.31. The van der Waals surface area contributed by atoms with Crippen molar-refractivity contribution in [3.63, 3.8) is 0 Å². The minimum atomic E-state index is -2.98. The van der Waals surface area contributed by atoms with Crippen LogP contribution in [0, 0.1) is 0 Å². The van der Waals surface area contributed by atoms with Crippen LogP contribution in [0.1, 0.15) is 43.4 Å². The number of halogens is 1. The van der Waals surface area contributed by atoms with Crippen LogP contribution in [0.25, 0.3) is 0 Å². The van der Waals surface area contributed by atoms with Gasteiger partial charge in [-0.15, -0.1) is 0 Å². The number of ether oxygens (including phenoxy) is 1. The predicted molar refractivity (Wildman–Crippen MR) is 114 cm³/mol. The molecule has 158 valence electrons. The van der Waals surface area contributed by atoms with E-state index >= 15 is 0 Å². The normalized spacial score (nSPS) is 20.8. The first-order valence-corrected chi connectivity index (χ1v) is 12.4. The Kier molecular flexibility index (Phi) is 5.30. The Morgan fingerprint density at radius 3 is 2.62 bits per heavy atom. The number of sulfone groups is 1. The quantitative estimate of drug-likeness (QED) is 0.717. The van der Waals surface area contributed by atoms with E-state index in [0.717, 1.165) is 43.1 Å². The van der Waals surface area contributed by atoms with Gasteiger partial charge in [0.15, 0.2) is 0 Å². The Bertz CT molecular complexity index is 1010. The van der Waals surface area contributed by atoms with Gasteiger partial charge in [0.25, 0.3) is 0 Å². The molecule has 0 N–H and O–H groups in total. The van der Waals surface area contributed by atoms with E-state index in [1.807, 2.05) is 18.5 Å². The van der Waals surface area contributed by atoms with Crippen molar-refractivity contribution in [1.29, 1.82) is 0 Å². The minimum absolute atomic E-state index is 0.107. The molecule has 8 heteroatoms. The highest BCUT2D eigenvalue weighted by atomic mass is 35.5. The smallest absolute Gasteiger partial charge is 0.149 e. The average molecular weight is 438 g/mol. The number of fused-ring (bicyclic) bond motifs is 2. The number of nitrogens with zero attached hydrogens (tertiary/aromatic N) is 3. The zero-order valence-corrected chi connectivity index (χ0v) is 18.8. The molecule has 1 saturated heterocycles. The third-order valence-electron chi connectivity index (χ3n) is 6.02. The Morgan fingerprint density at radius 1 is 1.21 bits per heavy atom.